The van der Waals surface area contributed by atoms with E-state index in [9.17, 15) is 9.59 Å². The van der Waals surface area contributed by atoms with E-state index in [0.717, 1.165) is 45.3 Å². The van der Waals surface area contributed by atoms with Crippen LogP contribution in [0.1, 0.15) is 64.7 Å². The molecule has 0 unspecified atom stereocenters. The van der Waals surface area contributed by atoms with Gasteiger partial charge in [-0.2, -0.15) is 0 Å². The number of hydrogen-bond donors (Lipinski definition) is 0. The molecule has 0 aromatic rings. The molecule has 0 bridgehead atoms. The van der Waals surface area contributed by atoms with Crippen molar-refractivity contribution in [1.82, 2.24) is 14.7 Å². The summed E-state index contributed by atoms with van der Waals surface area (Å²) in [5, 5.41) is 0. The number of nitrogens with zero attached hydrogens (tertiary/aromatic N) is 3. The second-order valence-electron chi connectivity index (χ2n) is 8.30. The van der Waals surface area contributed by atoms with Crippen LogP contribution in [0.3, 0.4) is 0 Å². The van der Waals surface area contributed by atoms with Gasteiger partial charge in [-0.15, -0.1) is 0 Å². The van der Waals surface area contributed by atoms with Crippen LogP contribution in [-0.4, -0.2) is 71.8 Å². The molecular weight excluding hydrogens is 314 g/mol. The van der Waals surface area contributed by atoms with Gasteiger partial charge in [-0.1, -0.05) is 32.6 Å². The Labute approximate surface area is 152 Å². The first-order chi connectivity index (χ1) is 12.1. The number of carbonyl (C=O) groups excluding carboxylic acids is 2. The van der Waals surface area contributed by atoms with Crippen molar-refractivity contribution >= 4 is 11.8 Å². The molecule has 0 aromatic heterocycles. The Balaban J connectivity index is 1.65. The van der Waals surface area contributed by atoms with Crippen LogP contribution in [0.2, 0.25) is 0 Å². The molecular formula is C20H35N3O2. The first kappa shape index (κ1) is 18.7. The van der Waals surface area contributed by atoms with E-state index in [4.69, 9.17) is 0 Å². The summed E-state index contributed by atoms with van der Waals surface area (Å²) in [6.45, 7) is 5.68. The lowest BCUT2D eigenvalue weighted by Crippen LogP contribution is -2.47. The van der Waals surface area contributed by atoms with Gasteiger partial charge < -0.3 is 14.7 Å². The molecule has 3 fully saturated rings. The third-order valence-electron chi connectivity index (χ3n) is 6.43. The van der Waals surface area contributed by atoms with Gasteiger partial charge in [-0.05, 0) is 39.3 Å². The number of hydrogen-bond acceptors (Lipinski definition) is 3. The molecule has 5 nitrogen and oxygen atoms in total. The smallest absolute Gasteiger partial charge is 0.228 e. The van der Waals surface area contributed by atoms with Gasteiger partial charge in [0, 0.05) is 38.1 Å². The standard InChI is InChI=1S/C20H35N3O2/c1-3-17-15-21(2)11-8-12-22(17)20(25)16-13-19(24)23(14-16)18-9-6-4-5-7-10-18/h16-18H,3-15H2,1-2H3/t16-,17-/m1/s1. The topological polar surface area (TPSA) is 43.9 Å². The quantitative estimate of drug-likeness (QED) is 0.735. The van der Waals surface area contributed by atoms with Gasteiger partial charge in [0.2, 0.25) is 11.8 Å². The molecule has 2 aliphatic heterocycles. The van der Waals surface area contributed by atoms with Crippen molar-refractivity contribution in [2.24, 2.45) is 5.92 Å². The van der Waals surface area contributed by atoms with E-state index >= 15 is 0 Å². The fraction of sp³-hybridized carbons (Fsp3) is 0.900. The lowest BCUT2D eigenvalue weighted by atomic mass is 10.0. The molecule has 2 amide bonds. The molecule has 3 rings (SSSR count). The minimum absolute atomic E-state index is 0.117. The summed E-state index contributed by atoms with van der Waals surface area (Å²) < 4.78 is 0. The molecule has 0 radical (unpaired) electrons. The van der Waals surface area contributed by atoms with Crippen molar-refractivity contribution < 1.29 is 9.59 Å². The van der Waals surface area contributed by atoms with Crippen molar-refractivity contribution in [1.29, 1.82) is 0 Å². The molecule has 2 heterocycles. The van der Waals surface area contributed by atoms with Crippen LogP contribution in [0.5, 0.6) is 0 Å². The van der Waals surface area contributed by atoms with Gasteiger partial charge in [0.15, 0.2) is 0 Å². The third kappa shape index (κ3) is 4.36. The largest absolute Gasteiger partial charge is 0.339 e. The Morgan fingerprint density at radius 2 is 1.76 bits per heavy atom. The lowest BCUT2D eigenvalue weighted by Gasteiger charge is -2.32. The third-order valence-corrected chi connectivity index (χ3v) is 6.43. The zero-order valence-corrected chi connectivity index (χ0v) is 16.1. The average Bonchev–Trinajstić information content (AvgIpc) is 2.79. The van der Waals surface area contributed by atoms with Crippen molar-refractivity contribution in [2.75, 3.05) is 33.2 Å². The molecule has 0 N–H and O–H groups in total. The number of rotatable bonds is 3. The van der Waals surface area contributed by atoms with Crippen LogP contribution >= 0.6 is 0 Å². The normalized spacial score (nSPS) is 30.4. The maximum atomic E-state index is 13.2. The Bertz CT molecular complexity index is 474. The molecule has 142 valence electrons. The van der Waals surface area contributed by atoms with Gasteiger partial charge in [-0.25, -0.2) is 0 Å². The second-order valence-corrected chi connectivity index (χ2v) is 8.30. The van der Waals surface area contributed by atoms with Crippen molar-refractivity contribution in [3.63, 3.8) is 0 Å². The zero-order chi connectivity index (χ0) is 17.8. The summed E-state index contributed by atoms with van der Waals surface area (Å²) in [5.74, 6) is 0.324. The van der Waals surface area contributed by atoms with Crippen molar-refractivity contribution in [2.45, 2.75) is 76.8 Å². The number of amides is 2. The van der Waals surface area contributed by atoms with Crippen LogP contribution in [0, 0.1) is 5.92 Å². The summed E-state index contributed by atoms with van der Waals surface area (Å²) in [5.41, 5.74) is 0. The first-order valence-electron chi connectivity index (χ1n) is 10.4. The highest BCUT2D eigenvalue weighted by Gasteiger charge is 2.40. The van der Waals surface area contributed by atoms with E-state index in [0.29, 0.717) is 25.0 Å². The Hall–Kier alpha value is -1.10. The summed E-state index contributed by atoms with van der Waals surface area (Å²) in [7, 11) is 2.14. The van der Waals surface area contributed by atoms with E-state index in [1.54, 1.807) is 0 Å². The van der Waals surface area contributed by atoms with Crippen LogP contribution in [0.15, 0.2) is 0 Å². The monoisotopic (exact) mass is 349 g/mol. The van der Waals surface area contributed by atoms with Crippen LogP contribution in [0.4, 0.5) is 0 Å². The molecule has 0 aromatic carbocycles. The van der Waals surface area contributed by atoms with E-state index in [1.807, 2.05) is 0 Å². The fourth-order valence-corrected chi connectivity index (χ4v) is 4.94. The Morgan fingerprint density at radius 3 is 2.44 bits per heavy atom. The second kappa shape index (κ2) is 8.52. The fourth-order valence-electron chi connectivity index (χ4n) is 4.94. The summed E-state index contributed by atoms with van der Waals surface area (Å²) in [6.07, 6.45) is 9.73. The van der Waals surface area contributed by atoms with Crippen LogP contribution in [-0.2, 0) is 9.59 Å². The molecule has 25 heavy (non-hydrogen) atoms. The van der Waals surface area contributed by atoms with E-state index in [2.05, 4.69) is 28.7 Å². The van der Waals surface area contributed by atoms with Gasteiger partial charge >= 0.3 is 0 Å². The maximum Gasteiger partial charge on any atom is 0.228 e. The highest BCUT2D eigenvalue weighted by molar-refractivity contribution is 5.89. The van der Waals surface area contributed by atoms with Gasteiger partial charge in [0.25, 0.3) is 0 Å². The Morgan fingerprint density at radius 1 is 1.04 bits per heavy atom. The van der Waals surface area contributed by atoms with Gasteiger partial charge in [0.05, 0.1) is 5.92 Å². The molecule has 1 aliphatic carbocycles. The van der Waals surface area contributed by atoms with E-state index < -0.39 is 0 Å². The van der Waals surface area contributed by atoms with Crippen LogP contribution < -0.4 is 0 Å². The maximum absolute atomic E-state index is 13.2. The Kier molecular flexibility index (Phi) is 6.37. The van der Waals surface area contributed by atoms with Gasteiger partial charge in [-0.3, -0.25) is 9.59 Å². The van der Waals surface area contributed by atoms with Crippen LogP contribution in [0.25, 0.3) is 0 Å². The average molecular weight is 350 g/mol. The van der Waals surface area contributed by atoms with Crippen molar-refractivity contribution in [3.8, 4) is 0 Å². The number of carbonyl (C=O) groups is 2. The summed E-state index contributed by atoms with van der Waals surface area (Å²) >= 11 is 0. The number of likely N-dealkylation sites (tertiary alicyclic amines) is 1. The summed E-state index contributed by atoms with van der Waals surface area (Å²) in [6, 6.07) is 0.673. The lowest BCUT2D eigenvalue weighted by molar-refractivity contribution is -0.138. The highest BCUT2D eigenvalue weighted by Crippen LogP contribution is 2.29. The molecule has 3 aliphatic rings. The molecule has 5 heteroatoms. The van der Waals surface area contributed by atoms with E-state index in [-0.39, 0.29) is 17.7 Å². The summed E-state index contributed by atoms with van der Waals surface area (Å²) in [4.78, 5) is 32.3. The van der Waals surface area contributed by atoms with E-state index in [1.165, 1.54) is 25.7 Å². The molecule has 1 saturated carbocycles. The van der Waals surface area contributed by atoms with Crippen molar-refractivity contribution in [3.05, 3.63) is 0 Å². The molecule has 2 saturated heterocycles. The SMILES string of the molecule is CC[C@@H]1CN(C)CCCN1C(=O)[C@@H]1CC(=O)N(C2CCCCCC2)C1. The van der Waals surface area contributed by atoms with Gasteiger partial charge in [0.1, 0.15) is 0 Å². The highest BCUT2D eigenvalue weighted by atomic mass is 16.2. The minimum Gasteiger partial charge on any atom is -0.339 e. The molecule has 2 atom stereocenters. The zero-order valence-electron chi connectivity index (χ0n) is 16.1. The molecule has 0 spiro atoms. The predicted octanol–water partition coefficient (Wildman–Crippen LogP) is 2.50. The first-order valence-corrected chi connectivity index (χ1v) is 10.4. The predicted molar refractivity (Wildman–Crippen MR) is 99.2 cm³/mol. The number of likely N-dealkylation sites (N-methyl/N-ethyl adjacent to an activating group) is 1. The minimum atomic E-state index is -0.117.